The summed E-state index contributed by atoms with van der Waals surface area (Å²) in [6, 6.07) is 6.98. The van der Waals surface area contributed by atoms with Crippen LogP contribution in [0.3, 0.4) is 0 Å². The Morgan fingerprint density at radius 1 is 1.09 bits per heavy atom. The molecule has 10 nitrogen and oxygen atoms in total. The van der Waals surface area contributed by atoms with Crippen molar-refractivity contribution in [3.63, 3.8) is 0 Å². The third-order valence-corrected chi connectivity index (χ3v) is 9.83. The first-order valence-corrected chi connectivity index (χ1v) is 15.7. The maximum Gasteiger partial charge on any atom is 0.320 e. The lowest BCUT2D eigenvalue weighted by Crippen LogP contribution is -2.51. The van der Waals surface area contributed by atoms with Crippen LogP contribution in [0.2, 0.25) is 0 Å². The largest absolute Gasteiger partial charge is 0.508 e. The topological polar surface area (TPSA) is 101 Å². The Morgan fingerprint density at radius 3 is 2.58 bits per heavy atom. The van der Waals surface area contributed by atoms with E-state index in [9.17, 15) is 13.9 Å². The third-order valence-electron chi connectivity index (χ3n) is 9.83. The number of anilines is 1. The number of nitrogens with one attached hydrogen (secondary N) is 1. The Hall–Kier alpha value is -4.21. The van der Waals surface area contributed by atoms with Crippen molar-refractivity contribution in [1.82, 2.24) is 29.7 Å². The van der Waals surface area contributed by atoms with Crippen molar-refractivity contribution in [2.75, 3.05) is 38.2 Å². The summed E-state index contributed by atoms with van der Waals surface area (Å²) in [7, 11) is 1.89. The highest BCUT2D eigenvalue weighted by Crippen LogP contribution is 2.44. The van der Waals surface area contributed by atoms with E-state index in [1.54, 1.807) is 6.07 Å². The molecule has 2 aromatic carbocycles. The van der Waals surface area contributed by atoms with Crippen molar-refractivity contribution in [3.05, 3.63) is 35.6 Å². The van der Waals surface area contributed by atoms with Crippen molar-refractivity contribution in [3.8, 4) is 35.9 Å². The minimum absolute atomic E-state index is 0.0433. The number of imidazole rings is 1. The molecule has 2 aromatic heterocycles. The summed E-state index contributed by atoms with van der Waals surface area (Å²) in [5, 5.41) is 15.2. The zero-order valence-electron chi connectivity index (χ0n) is 25.0. The van der Waals surface area contributed by atoms with Gasteiger partial charge in [-0.3, -0.25) is 9.47 Å². The van der Waals surface area contributed by atoms with E-state index < -0.39 is 12.0 Å². The Kier molecular flexibility index (Phi) is 6.91. The van der Waals surface area contributed by atoms with E-state index >= 15 is 0 Å². The number of hydrogen-bond acceptors (Lipinski definition) is 9. The summed E-state index contributed by atoms with van der Waals surface area (Å²) >= 11 is 0. The smallest absolute Gasteiger partial charge is 0.320 e. The lowest BCUT2D eigenvalue weighted by molar-refractivity contribution is 0.188. The summed E-state index contributed by atoms with van der Waals surface area (Å²) in [5.41, 5.74) is 1.21. The molecule has 3 saturated heterocycles. The van der Waals surface area contributed by atoms with Gasteiger partial charge in [-0.1, -0.05) is 12.0 Å². The molecule has 0 amide bonds. The SMILES string of the molecule is C#Cc1c(F)ccc2cc(O)cc(Oc3nc4nc(OC[C@@H]5C[C@H](F)CN5C)nc(N5CC6CCC(C5)N6)c4n3C3CCC3)c12. The van der Waals surface area contributed by atoms with Crippen molar-refractivity contribution < 1.29 is 23.4 Å². The predicted octanol–water partition coefficient (Wildman–Crippen LogP) is 4.68. The number of piperazine rings is 1. The van der Waals surface area contributed by atoms with E-state index in [2.05, 4.69) is 16.1 Å². The number of rotatable bonds is 7. The van der Waals surface area contributed by atoms with Gasteiger partial charge >= 0.3 is 12.0 Å². The molecule has 12 heteroatoms. The zero-order chi connectivity index (χ0) is 30.8. The Bertz CT molecular complexity index is 1830. The number of halogens is 2. The van der Waals surface area contributed by atoms with E-state index in [0.717, 1.165) is 56.5 Å². The molecule has 4 atom stereocenters. The Balaban J connectivity index is 1.26. The van der Waals surface area contributed by atoms with Crippen molar-refractivity contribution in [2.45, 2.75) is 68.9 Å². The van der Waals surface area contributed by atoms with E-state index in [0.29, 0.717) is 41.5 Å². The number of ether oxygens (including phenoxy) is 2. The number of phenolic OH excluding ortho intramolecular Hbond substituents is 1. The van der Waals surface area contributed by atoms with Gasteiger partial charge in [-0.25, -0.2) is 8.78 Å². The highest BCUT2D eigenvalue weighted by molar-refractivity contribution is 5.95. The maximum absolute atomic E-state index is 14.8. The molecule has 0 spiro atoms. The van der Waals surface area contributed by atoms with E-state index in [-0.39, 0.29) is 47.8 Å². The first kappa shape index (κ1) is 28.3. The van der Waals surface area contributed by atoms with Crippen LogP contribution in [0, 0.1) is 18.2 Å². The van der Waals surface area contributed by atoms with Gasteiger partial charge < -0.3 is 24.8 Å². The number of nitrogens with zero attached hydrogens (tertiary/aromatic N) is 6. The molecule has 3 aliphatic heterocycles. The standard InChI is InChI=1S/C33H35F2N7O3/c1-3-25-26(35)10-7-18-11-24(43)13-27(28(18)25)45-33-38-30-29(42(33)22-5-4-6-22)31(41-15-20-8-9-21(16-41)36-20)39-32(37-30)44-17-23-12-19(34)14-40(23)2/h1,7,10-11,13,19-23,36,43H,4-6,8-9,12,14-17H2,2H3/t19-,20?,21?,23-/m0/s1. The molecule has 234 valence electrons. The number of terminal acetylenes is 1. The molecular formula is C33H35F2N7O3. The summed E-state index contributed by atoms with van der Waals surface area (Å²) in [6.45, 7) is 2.21. The lowest BCUT2D eigenvalue weighted by Gasteiger charge is -2.35. The molecule has 1 saturated carbocycles. The fourth-order valence-corrected chi connectivity index (χ4v) is 7.34. The molecule has 2 unspecified atom stereocenters. The number of likely N-dealkylation sites (tertiary alicyclic amines) is 1. The van der Waals surface area contributed by atoms with Crippen molar-refractivity contribution in [2.24, 2.45) is 0 Å². The second-order valence-electron chi connectivity index (χ2n) is 12.8. The van der Waals surface area contributed by atoms with Gasteiger partial charge in [-0.2, -0.15) is 15.0 Å². The summed E-state index contributed by atoms with van der Waals surface area (Å²) in [5.74, 6) is 2.77. The number of aromatic nitrogens is 4. The van der Waals surface area contributed by atoms with Gasteiger partial charge in [0.15, 0.2) is 11.5 Å². The van der Waals surface area contributed by atoms with Crippen molar-refractivity contribution in [1.29, 1.82) is 0 Å². The number of fused-ring (bicyclic) bond motifs is 4. The number of likely N-dealkylation sites (N-methyl/N-ethyl adjacent to an activating group) is 1. The van der Waals surface area contributed by atoms with E-state index in [4.69, 9.17) is 30.8 Å². The second-order valence-corrected chi connectivity index (χ2v) is 12.8. The summed E-state index contributed by atoms with van der Waals surface area (Å²) in [6.07, 6.45) is 10.4. The number of hydrogen-bond donors (Lipinski definition) is 2. The van der Waals surface area contributed by atoms with Gasteiger partial charge in [0.2, 0.25) is 0 Å². The first-order valence-electron chi connectivity index (χ1n) is 15.7. The van der Waals surface area contributed by atoms with Crippen LogP contribution in [0.4, 0.5) is 14.6 Å². The average molecular weight is 616 g/mol. The van der Waals surface area contributed by atoms with Crippen LogP contribution in [0.25, 0.3) is 21.9 Å². The summed E-state index contributed by atoms with van der Waals surface area (Å²) < 4.78 is 43.6. The highest BCUT2D eigenvalue weighted by atomic mass is 19.1. The van der Waals surface area contributed by atoms with Gasteiger partial charge in [0.1, 0.15) is 35.6 Å². The van der Waals surface area contributed by atoms with Gasteiger partial charge in [0.05, 0.1) is 5.56 Å². The van der Waals surface area contributed by atoms with Crippen LogP contribution in [0.1, 0.15) is 50.1 Å². The van der Waals surface area contributed by atoms with Crippen LogP contribution in [-0.4, -0.2) is 87.1 Å². The Morgan fingerprint density at radius 2 is 1.89 bits per heavy atom. The third kappa shape index (κ3) is 4.98. The number of alkyl halides is 1. The molecular weight excluding hydrogens is 580 g/mol. The zero-order valence-corrected chi connectivity index (χ0v) is 25.0. The highest BCUT2D eigenvalue weighted by Gasteiger charge is 2.37. The van der Waals surface area contributed by atoms with Gasteiger partial charge in [-0.05, 0) is 63.1 Å². The second kappa shape index (κ2) is 11.0. The van der Waals surface area contributed by atoms with E-state index in [1.165, 1.54) is 18.2 Å². The fourth-order valence-electron chi connectivity index (χ4n) is 7.34. The quantitative estimate of drug-likeness (QED) is 0.287. The molecule has 4 aromatic rings. The van der Waals surface area contributed by atoms with Gasteiger partial charge in [-0.15, -0.1) is 6.42 Å². The molecule has 2 N–H and O–H groups in total. The van der Waals surface area contributed by atoms with Gasteiger partial charge in [0, 0.05) is 55.3 Å². The number of aromatic hydroxyl groups is 1. The van der Waals surface area contributed by atoms with Crippen LogP contribution < -0.4 is 19.7 Å². The van der Waals surface area contributed by atoms with Crippen LogP contribution in [0.15, 0.2) is 24.3 Å². The molecule has 8 rings (SSSR count). The molecule has 5 heterocycles. The Labute approximate surface area is 259 Å². The molecule has 2 bridgehead atoms. The minimum atomic E-state index is -0.881. The normalized spacial score (nSPS) is 25.2. The number of benzene rings is 2. The monoisotopic (exact) mass is 615 g/mol. The maximum atomic E-state index is 14.8. The number of phenols is 1. The average Bonchev–Trinajstić information content (AvgIpc) is 3.63. The molecule has 45 heavy (non-hydrogen) atoms. The van der Waals surface area contributed by atoms with Gasteiger partial charge in [0.25, 0.3) is 0 Å². The van der Waals surface area contributed by atoms with E-state index in [1.807, 2.05) is 16.5 Å². The fraction of sp³-hybridized carbons (Fsp3) is 0.485. The lowest BCUT2D eigenvalue weighted by atomic mass is 9.93. The molecule has 4 aliphatic rings. The van der Waals surface area contributed by atoms with Crippen LogP contribution >= 0.6 is 0 Å². The molecule has 0 radical (unpaired) electrons. The minimum Gasteiger partial charge on any atom is -0.508 e. The van der Waals surface area contributed by atoms with Crippen LogP contribution in [-0.2, 0) is 0 Å². The van der Waals surface area contributed by atoms with Crippen LogP contribution in [0.5, 0.6) is 23.5 Å². The first-order chi connectivity index (χ1) is 21.8. The summed E-state index contributed by atoms with van der Waals surface area (Å²) in [4.78, 5) is 18.8. The predicted molar refractivity (Wildman–Crippen MR) is 165 cm³/mol. The molecule has 4 fully saturated rings. The molecule has 1 aliphatic carbocycles. The van der Waals surface area contributed by atoms with Crippen molar-refractivity contribution >= 4 is 27.8 Å².